The predicted octanol–water partition coefficient (Wildman–Crippen LogP) is 5.68. The molecular weight excluding hydrogens is 296 g/mol. The Bertz CT molecular complexity index is 451. The van der Waals surface area contributed by atoms with Gasteiger partial charge in [-0.25, -0.2) is 0 Å². The Morgan fingerprint density at radius 1 is 0.556 bits per heavy atom. The molecule has 0 spiro atoms. The smallest absolute Gasteiger partial charge is 0.0486 e. The van der Waals surface area contributed by atoms with Crippen molar-refractivity contribution in [2.75, 3.05) is 10.2 Å². The van der Waals surface area contributed by atoms with E-state index in [0.29, 0.717) is 0 Å². The Morgan fingerprint density at radius 3 is 1.22 bits per heavy atom. The van der Waals surface area contributed by atoms with Gasteiger partial charge in [-0.05, 0) is 36.4 Å². The zero-order valence-electron chi connectivity index (χ0n) is 9.67. The fourth-order valence-corrected chi connectivity index (χ4v) is 5.98. The molecule has 4 heteroatoms. The van der Waals surface area contributed by atoms with Crippen molar-refractivity contribution >= 4 is 47.0 Å². The lowest BCUT2D eigenvalue weighted by Gasteiger charge is -2.09. The van der Waals surface area contributed by atoms with Crippen LogP contribution in [-0.2, 0) is 0 Å². The van der Waals surface area contributed by atoms with E-state index in [0.717, 1.165) is 10.2 Å². The number of benzene rings is 2. The third-order valence-electron chi connectivity index (χ3n) is 2.51. The zero-order valence-corrected chi connectivity index (χ0v) is 12.9. The molecule has 0 fully saturated rings. The van der Waals surface area contributed by atoms with E-state index in [2.05, 4.69) is 48.5 Å². The highest BCUT2D eigenvalue weighted by Crippen LogP contribution is 2.35. The van der Waals surface area contributed by atoms with Crippen molar-refractivity contribution in [3.8, 4) is 0 Å². The van der Waals surface area contributed by atoms with E-state index < -0.39 is 0 Å². The summed E-state index contributed by atoms with van der Waals surface area (Å²) in [7, 11) is 0. The van der Waals surface area contributed by atoms with Crippen molar-refractivity contribution in [2.24, 2.45) is 0 Å². The summed E-state index contributed by atoms with van der Waals surface area (Å²) in [5.74, 6) is 0. The van der Waals surface area contributed by atoms with Crippen molar-refractivity contribution in [2.45, 2.75) is 19.6 Å². The van der Waals surface area contributed by atoms with Gasteiger partial charge in [0.05, 0.1) is 0 Å². The largest absolute Gasteiger partial charge is 0.115 e. The molecule has 0 N–H and O–H groups in total. The SMILES string of the molecule is c1cc2cc(c1)SCSc1cccc(c1)SCS2. The first-order chi connectivity index (χ1) is 8.90. The molecule has 0 aromatic heterocycles. The molecule has 4 bridgehead atoms. The molecule has 2 aromatic rings. The van der Waals surface area contributed by atoms with Gasteiger partial charge in [-0.15, -0.1) is 47.0 Å². The quantitative estimate of drug-likeness (QED) is 0.613. The number of hydrogen-bond acceptors (Lipinski definition) is 4. The second kappa shape index (κ2) is 6.33. The van der Waals surface area contributed by atoms with Crippen LogP contribution in [0.1, 0.15) is 0 Å². The summed E-state index contributed by atoms with van der Waals surface area (Å²) in [5, 5.41) is 2.14. The van der Waals surface area contributed by atoms with Crippen molar-refractivity contribution in [1.82, 2.24) is 0 Å². The lowest BCUT2D eigenvalue weighted by atomic mass is 10.4. The Morgan fingerprint density at radius 2 is 0.889 bits per heavy atom. The predicted molar refractivity (Wildman–Crippen MR) is 86.0 cm³/mol. The summed E-state index contributed by atoms with van der Waals surface area (Å²) in [6.07, 6.45) is 0. The van der Waals surface area contributed by atoms with E-state index in [1.165, 1.54) is 19.6 Å². The van der Waals surface area contributed by atoms with Crippen LogP contribution in [0.5, 0.6) is 0 Å². The van der Waals surface area contributed by atoms with Gasteiger partial charge in [0.25, 0.3) is 0 Å². The average Bonchev–Trinajstić information content (AvgIpc) is 2.39. The van der Waals surface area contributed by atoms with Crippen molar-refractivity contribution < 1.29 is 0 Å². The first-order valence-electron chi connectivity index (χ1n) is 5.61. The van der Waals surface area contributed by atoms with Gasteiger partial charge >= 0.3 is 0 Å². The second-order valence-corrected chi connectivity index (χ2v) is 8.69. The van der Waals surface area contributed by atoms with Crippen LogP contribution in [0, 0.1) is 0 Å². The summed E-state index contributed by atoms with van der Waals surface area (Å²) in [6.45, 7) is 0. The molecule has 92 valence electrons. The topological polar surface area (TPSA) is 0 Å². The molecule has 18 heavy (non-hydrogen) atoms. The number of rotatable bonds is 0. The first-order valence-corrected chi connectivity index (χ1v) is 9.56. The van der Waals surface area contributed by atoms with Crippen LogP contribution in [0.15, 0.2) is 68.1 Å². The molecule has 1 aliphatic rings. The molecule has 0 saturated carbocycles. The van der Waals surface area contributed by atoms with Crippen LogP contribution in [0.4, 0.5) is 0 Å². The molecule has 1 heterocycles. The summed E-state index contributed by atoms with van der Waals surface area (Å²) in [4.78, 5) is 5.48. The van der Waals surface area contributed by atoms with Gasteiger partial charge in [0.2, 0.25) is 0 Å². The molecule has 0 atom stereocenters. The van der Waals surface area contributed by atoms with E-state index in [1.807, 2.05) is 47.0 Å². The number of hydrogen-bond donors (Lipinski definition) is 0. The Kier molecular flexibility index (Phi) is 4.52. The Labute approximate surface area is 125 Å². The molecule has 0 radical (unpaired) electrons. The average molecular weight is 309 g/mol. The minimum atomic E-state index is 1.07. The number of fused-ring (bicyclic) bond motifs is 4. The Balaban J connectivity index is 1.84. The molecule has 0 aliphatic carbocycles. The van der Waals surface area contributed by atoms with Gasteiger partial charge in [0.1, 0.15) is 0 Å². The van der Waals surface area contributed by atoms with Gasteiger partial charge in [0.15, 0.2) is 0 Å². The van der Waals surface area contributed by atoms with Crippen molar-refractivity contribution in [1.29, 1.82) is 0 Å². The lowest BCUT2D eigenvalue weighted by Crippen LogP contribution is -1.81. The molecule has 0 saturated heterocycles. The third-order valence-corrected chi connectivity index (χ3v) is 6.75. The molecule has 1 aliphatic heterocycles. The van der Waals surface area contributed by atoms with Crippen molar-refractivity contribution in [3.63, 3.8) is 0 Å². The standard InChI is InChI=1S/C14H12S4/c1-3-11-7-12(4-1)16-10-18-14-6-2-5-13(8-14)17-9-15-11/h1-8H,9-10H2. The van der Waals surface area contributed by atoms with E-state index in [1.54, 1.807) is 0 Å². The fraction of sp³-hybridized carbons (Fsp3) is 0.143. The van der Waals surface area contributed by atoms with Gasteiger partial charge in [-0.2, -0.15) is 0 Å². The van der Waals surface area contributed by atoms with E-state index >= 15 is 0 Å². The number of thioether (sulfide) groups is 4. The molecule has 2 aromatic carbocycles. The molecule has 0 amide bonds. The highest BCUT2D eigenvalue weighted by Gasteiger charge is 2.03. The summed E-state index contributed by atoms with van der Waals surface area (Å²) >= 11 is 7.67. The van der Waals surface area contributed by atoms with E-state index in [9.17, 15) is 0 Å². The lowest BCUT2D eigenvalue weighted by molar-refractivity contribution is 1.32. The maximum Gasteiger partial charge on any atom is 0.0486 e. The normalized spacial score (nSPS) is 15.6. The maximum absolute atomic E-state index is 2.30. The van der Waals surface area contributed by atoms with Gasteiger partial charge in [-0.3, -0.25) is 0 Å². The molecule has 0 nitrogen and oxygen atoms in total. The summed E-state index contributed by atoms with van der Waals surface area (Å²) < 4.78 is 0. The fourth-order valence-electron chi connectivity index (χ4n) is 1.64. The minimum absolute atomic E-state index is 1.07. The van der Waals surface area contributed by atoms with E-state index in [4.69, 9.17) is 0 Å². The molecular formula is C14H12S4. The highest BCUT2D eigenvalue weighted by atomic mass is 32.2. The Hall–Kier alpha value is -0.160. The van der Waals surface area contributed by atoms with Gasteiger partial charge in [0, 0.05) is 29.8 Å². The van der Waals surface area contributed by atoms with Crippen LogP contribution >= 0.6 is 47.0 Å². The minimum Gasteiger partial charge on any atom is -0.115 e. The first kappa shape index (κ1) is 12.9. The van der Waals surface area contributed by atoms with Crippen LogP contribution < -0.4 is 0 Å². The maximum atomic E-state index is 2.30. The van der Waals surface area contributed by atoms with Crippen LogP contribution in [0.3, 0.4) is 0 Å². The van der Waals surface area contributed by atoms with E-state index in [-0.39, 0.29) is 0 Å². The van der Waals surface area contributed by atoms with Crippen molar-refractivity contribution in [3.05, 3.63) is 48.5 Å². The molecule has 0 unspecified atom stereocenters. The summed E-state index contributed by atoms with van der Waals surface area (Å²) in [6, 6.07) is 17.7. The second-order valence-electron chi connectivity index (χ2n) is 3.76. The van der Waals surface area contributed by atoms with Crippen LogP contribution in [0.2, 0.25) is 0 Å². The van der Waals surface area contributed by atoms with Gasteiger partial charge < -0.3 is 0 Å². The highest BCUT2D eigenvalue weighted by molar-refractivity contribution is 8.16. The third kappa shape index (κ3) is 3.44. The monoisotopic (exact) mass is 308 g/mol. The van der Waals surface area contributed by atoms with Crippen LogP contribution in [0.25, 0.3) is 0 Å². The van der Waals surface area contributed by atoms with Gasteiger partial charge in [-0.1, -0.05) is 12.1 Å². The zero-order chi connectivity index (χ0) is 12.2. The summed E-state index contributed by atoms with van der Waals surface area (Å²) in [5.41, 5.74) is 0. The van der Waals surface area contributed by atoms with Crippen LogP contribution in [-0.4, -0.2) is 10.2 Å². The molecule has 3 rings (SSSR count).